The lowest BCUT2D eigenvalue weighted by Gasteiger charge is -2.40. The van der Waals surface area contributed by atoms with Gasteiger partial charge < -0.3 is 25.2 Å². The van der Waals surface area contributed by atoms with Crippen LogP contribution in [0.5, 0.6) is 0 Å². The van der Waals surface area contributed by atoms with Crippen LogP contribution in [0.2, 0.25) is 0 Å². The van der Waals surface area contributed by atoms with Gasteiger partial charge in [0.2, 0.25) is 0 Å². The van der Waals surface area contributed by atoms with E-state index in [-0.39, 0.29) is 5.41 Å². The van der Waals surface area contributed by atoms with Gasteiger partial charge in [-0.15, -0.1) is 0 Å². The Labute approximate surface area is 89.3 Å². The second-order valence-electron chi connectivity index (χ2n) is 5.30. The second kappa shape index (κ2) is 4.35. The molecule has 1 heterocycles. The molecule has 1 saturated heterocycles. The highest BCUT2D eigenvalue weighted by Crippen LogP contribution is 2.29. The van der Waals surface area contributed by atoms with E-state index in [1.165, 1.54) is 0 Å². The van der Waals surface area contributed by atoms with Crippen molar-refractivity contribution in [2.75, 3.05) is 0 Å². The van der Waals surface area contributed by atoms with E-state index < -0.39 is 30.7 Å². The summed E-state index contributed by atoms with van der Waals surface area (Å²) in [6, 6.07) is 0. The molecule has 4 N–H and O–H groups in total. The summed E-state index contributed by atoms with van der Waals surface area (Å²) in [5.41, 5.74) is -0.0899. The third-order valence-corrected chi connectivity index (χ3v) is 2.50. The molecule has 0 saturated carbocycles. The topological polar surface area (TPSA) is 90.2 Å². The van der Waals surface area contributed by atoms with Gasteiger partial charge >= 0.3 is 0 Å². The summed E-state index contributed by atoms with van der Waals surface area (Å²) in [5.74, 6) is 0. The van der Waals surface area contributed by atoms with Crippen molar-refractivity contribution in [3.8, 4) is 0 Å². The van der Waals surface area contributed by atoms with Gasteiger partial charge in [0.05, 0.1) is 6.10 Å². The minimum atomic E-state index is -1.45. The van der Waals surface area contributed by atoms with E-state index in [4.69, 9.17) is 4.74 Å². The maximum Gasteiger partial charge on any atom is 0.183 e. The minimum absolute atomic E-state index is 0.0899. The molecule has 1 rings (SSSR count). The molecule has 0 spiro atoms. The molecule has 0 amide bonds. The standard InChI is InChI=1S/C10H20O5/c1-10(2,3)4-5-6(11)7(12)8(13)9(14)15-5/h5-9,11-14H,4H2,1-3H3/t5-,6-,7+,8-,9-/m1/s1. The molecule has 1 fully saturated rings. The zero-order valence-corrected chi connectivity index (χ0v) is 9.29. The summed E-state index contributed by atoms with van der Waals surface area (Å²) in [5, 5.41) is 37.6. The number of aliphatic hydroxyl groups is 4. The smallest absolute Gasteiger partial charge is 0.183 e. The predicted octanol–water partition coefficient (Wildman–Crippen LogP) is -0.778. The Morgan fingerprint density at radius 2 is 1.47 bits per heavy atom. The first-order valence-electron chi connectivity index (χ1n) is 5.10. The Kier molecular flexibility index (Phi) is 3.73. The Hall–Kier alpha value is -0.200. The van der Waals surface area contributed by atoms with Crippen molar-refractivity contribution in [3.63, 3.8) is 0 Å². The van der Waals surface area contributed by atoms with Crippen molar-refractivity contribution in [3.05, 3.63) is 0 Å². The summed E-state index contributed by atoms with van der Waals surface area (Å²) >= 11 is 0. The molecule has 5 nitrogen and oxygen atoms in total. The van der Waals surface area contributed by atoms with Crippen molar-refractivity contribution >= 4 is 0 Å². The van der Waals surface area contributed by atoms with Crippen molar-refractivity contribution in [2.45, 2.75) is 57.9 Å². The van der Waals surface area contributed by atoms with E-state index in [2.05, 4.69) is 0 Å². The molecular weight excluding hydrogens is 200 g/mol. The summed E-state index contributed by atoms with van der Waals surface area (Å²) in [7, 11) is 0. The molecule has 5 atom stereocenters. The van der Waals surface area contributed by atoms with E-state index in [0.29, 0.717) is 6.42 Å². The summed E-state index contributed by atoms with van der Waals surface area (Å²) in [6.45, 7) is 5.90. The summed E-state index contributed by atoms with van der Waals surface area (Å²) in [4.78, 5) is 0. The first-order chi connectivity index (χ1) is 6.72. The van der Waals surface area contributed by atoms with E-state index >= 15 is 0 Å². The lowest BCUT2D eigenvalue weighted by Crippen LogP contribution is -2.58. The van der Waals surface area contributed by atoms with E-state index in [9.17, 15) is 20.4 Å². The number of hydrogen-bond donors (Lipinski definition) is 4. The van der Waals surface area contributed by atoms with Crippen LogP contribution >= 0.6 is 0 Å². The van der Waals surface area contributed by atoms with E-state index in [1.54, 1.807) is 0 Å². The molecule has 0 bridgehead atoms. The van der Waals surface area contributed by atoms with Crippen LogP contribution in [0.15, 0.2) is 0 Å². The van der Waals surface area contributed by atoms with Gasteiger partial charge in [-0.3, -0.25) is 0 Å². The molecule has 0 aliphatic carbocycles. The lowest BCUT2D eigenvalue weighted by atomic mass is 9.84. The van der Waals surface area contributed by atoms with Crippen molar-refractivity contribution in [1.82, 2.24) is 0 Å². The number of ether oxygens (including phenoxy) is 1. The van der Waals surface area contributed by atoms with Crippen molar-refractivity contribution in [1.29, 1.82) is 0 Å². The molecule has 0 unspecified atom stereocenters. The fraction of sp³-hybridized carbons (Fsp3) is 1.00. The predicted molar refractivity (Wildman–Crippen MR) is 53.0 cm³/mol. The molecule has 15 heavy (non-hydrogen) atoms. The highest BCUT2D eigenvalue weighted by atomic mass is 16.6. The van der Waals surface area contributed by atoms with Crippen LogP contribution in [0, 0.1) is 5.41 Å². The van der Waals surface area contributed by atoms with Gasteiger partial charge in [-0.05, 0) is 11.8 Å². The summed E-state index contributed by atoms with van der Waals surface area (Å²) in [6.07, 6.45) is -5.57. The Morgan fingerprint density at radius 1 is 0.933 bits per heavy atom. The monoisotopic (exact) mass is 220 g/mol. The molecular formula is C10H20O5. The lowest BCUT2D eigenvalue weighted by molar-refractivity contribution is -0.285. The van der Waals surface area contributed by atoms with Crippen LogP contribution < -0.4 is 0 Å². The van der Waals surface area contributed by atoms with Gasteiger partial charge in [0.1, 0.15) is 18.3 Å². The van der Waals surface area contributed by atoms with E-state index in [0.717, 1.165) is 0 Å². The number of hydrogen-bond acceptors (Lipinski definition) is 5. The quantitative estimate of drug-likeness (QED) is 0.465. The van der Waals surface area contributed by atoms with Crippen molar-refractivity contribution < 1.29 is 25.2 Å². The fourth-order valence-electron chi connectivity index (χ4n) is 1.70. The third-order valence-electron chi connectivity index (χ3n) is 2.50. The first-order valence-corrected chi connectivity index (χ1v) is 5.10. The average molecular weight is 220 g/mol. The maximum atomic E-state index is 9.64. The maximum absolute atomic E-state index is 9.64. The summed E-state index contributed by atoms with van der Waals surface area (Å²) < 4.78 is 5.05. The molecule has 1 aliphatic rings. The van der Waals surface area contributed by atoms with Crippen LogP contribution in [0.25, 0.3) is 0 Å². The van der Waals surface area contributed by atoms with Gasteiger partial charge in [0, 0.05) is 0 Å². The van der Waals surface area contributed by atoms with E-state index in [1.807, 2.05) is 20.8 Å². The van der Waals surface area contributed by atoms with Gasteiger partial charge in [0.25, 0.3) is 0 Å². The first kappa shape index (κ1) is 12.9. The molecule has 90 valence electrons. The van der Waals surface area contributed by atoms with Gasteiger partial charge in [0.15, 0.2) is 6.29 Å². The third kappa shape index (κ3) is 3.12. The fourth-order valence-corrected chi connectivity index (χ4v) is 1.70. The second-order valence-corrected chi connectivity index (χ2v) is 5.30. The SMILES string of the molecule is CC(C)(C)C[C@H]1O[C@@H](O)[C@H](O)[C@@H](O)[C@@H]1O. The Bertz CT molecular complexity index is 212. The molecule has 5 heteroatoms. The van der Waals surface area contributed by atoms with Gasteiger partial charge in [-0.25, -0.2) is 0 Å². The zero-order chi connectivity index (χ0) is 11.8. The van der Waals surface area contributed by atoms with Crippen LogP contribution in [-0.4, -0.2) is 51.1 Å². The highest BCUT2D eigenvalue weighted by Gasteiger charge is 2.43. The zero-order valence-electron chi connectivity index (χ0n) is 9.29. The highest BCUT2D eigenvalue weighted by molar-refractivity contribution is 4.90. The average Bonchev–Trinajstić information content (AvgIpc) is 2.08. The molecule has 0 aromatic carbocycles. The minimum Gasteiger partial charge on any atom is -0.388 e. The van der Waals surface area contributed by atoms with Crippen LogP contribution in [-0.2, 0) is 4.74 Å². The Morgan fingerprint density at radius 3 is 1.93 bits per heavy atom. The molecule has 0 radical (unpaired) electrons. The number of rotatable bonds is 1. The van der Waals surface area contributed by atoms with Crippen LogP contribution in [0.1, 0.15) is 27.2 Å². The van der Waals surface area contributed by atoms with Crippen LogP contribution in [0.4, 0.5) is 0 Å². The van der Waals surface area contributed by atoms with Gasteiger partial charge in [-0.2, -0.15) is 0 Å². The number of aliphatic hydroxyl groups excluding tert-OH is 4. The largest absolute Gasteiger partial charge is 0.388 e. The molecule has 0 aromatic rings. The normalized spacial score (nSPS) is 43.0. The van der Waals surface area contributed by atoms with Gasteiger partial charge in [-0.1, -0.05) is 20.8 Å². The van der Waals surface area contributed by atoms with Crippen molar-refractivity contribution in [2.24, 2.45) is 5.41 Å². The Balaban J connectivity index is 2.67. The molecule has 0 aromatic heterocycles. The molecule has 1 aliphatic heterocycles. The van der Waals surface area contributed by atoms with Crippen LogP contribution in [0.3, 0.4) is 0 Å².